The highest BCUT2D eigenvalue weighted by Crippen LogP contribution is 2.29. The zero-order valence-electron chi connectivity index (χ0n) is 12.3. The maximum absolute atomic E-state index is 4.84. The maximum Gasteiger partial charge on any atom is 0.0765 e. The van der Waals surface area contributed by atoms with Crippen LogP contribution in [0.25, 0.3) is 0 Å². The normalized spacial score (nSPS) is 20.7. The Labute approximate surface area is 130 Å². The van der Waals surface area contributed by atoms with Crippen LogP contribution in [0.2, 0.25) is 0 Å². The Hall–Kier alpha value is -0.350. The first-order valence-electron chi connectivity index (χ1n) is 8.21. The molecule has 0 saturated heterocycles. The van der Waals surface area contributed by atoms with Gasteiger partial charge in [0, 0.05) is 24.1 Å². The van der Waals surface area contributed by atoms with E-state index >= 15 is 0 Å². The lowest BCUT2D eigenvalue weighted by molar-refractivity contribution is 0.118. The highest BCUT2D eigenvalue weighted by Gasteiger charge is 2.25. The van der Waals surface area contributed by atoms with E-state index in [0.29, 0.717) is 6.04 Å². The lowest BCUT2D eigenvalue weighted by Crippen LogP contribution is -2.40. The lowest BCUT2D eigenvalue weighted by Gasteiger charge is -2.37. The summed E-state index contributed by atoms with van der Waals surface area (Å²) in [6, 6.07) is 3.71. The minimum Gasteiger partial charge on any atom is -0.294 e. The first kappa shape index (κ1) is 14.6. The number of hydrogen-bond donors (Lipinski definition) is 0. The van der Waals surface area contributed by atoms with Crippen molar-refractivity contribution in [1.82, 2.24) is 14.7 Å². The summed E-state index contributed by atoms with van der Waals surface area (Å²) in [4.78, 5) is 2.64. The quantitative estimate of drug-likeness (QED) is 0.696. The summed E-state index contributed by atoms with van der Waals surface area (Å²) in [5, 5.41) is 5.95. The molecule has 0 N–H and O–H groups in total. The Morgan fingerprint density at radius 2 is 2.00 bits per heavy atom. The minimum absolute atomic E-state index is 0.670. The molecule has 2 aliphatic rings. The van der Waals surface area contributed by atoms with Gasteiger partial charge >= 0.3 is 0 Å². The first-order chi connectivity index (χ1) is 9.86. The number of nitrogens with zero attached hydrogens (tertiary/aromatic N) is 3. The smallest absolute Gasteiger partial charge is 0.0765 e. The van der Waals surface area contributed by atoms with E-state index in [1.165, 1.54) is 63.6 Å². The van der Waals surface area contributed by atoms with Crippen molar-refractivity contribution in [3.8, 4) is 0 Å². The average Bonchev–Trinajstić information content (AvgIpc) is 3.04. The first-order valence-corrected chi connectivity index (χ1v) is 9.33. The van der Waals surface area contributed by atoms with Gasteiger partial charge in [0.05, 0.1) is 11.7 Å². The van der Waals surface area contributed by atoms with Gasteiger partial charge in [-0.25, -0.2) is 0 Å². The summed E-state index contributed by atoms with van der Waals surface area (Å²) in [5.41, 5.74) is 1.26. The molecule has 0 atom stereocenters. The van der Waals surface area contributed by atoms with Crippen LogP contribution in [0, 0.1) is 0 Å². The van der Waals surface area contributed by atoms with Crippen LogP contribution in [0.1, 0.15) is 63.1 Å². The van der Waals surface area contributed by atoms with Crippen LogP contribution in [0.4, 0.5) is 0 Å². The van der Waals surface area contributed by atoms with Crippen LogP contribution >= 0.6 is 15.9 Å². The third-order valence-corrected chi connectivity index (χ3v) is 5.46. The summed E-state index contributed by atoms with van der Waals surface area (Å²) in [6.45, 7) is 2.24. The van der Waals surface area contributed by atoms with Crippen molar-refractivity contribution in [2.24, 2.45) is 0 Å². The lowest BCUT2D eigenvalue weighted by atomic mass is 9.91. The SMILES string of the molecule is BrCCCN(Cc1ccn(C2CCCC2)n1)C1CCC1. The molecule has 2 fully saturated rings. The molecule has 3 rings (SSSR count). The largest absolute Gasteiger partial charge is 0.294 e. The van der Waals surface area contributed by atoms with Crippen LogP contribution in [-0.2, 0) is 6.54 Å². The molecule has 3 nitrogen and oxygen atoms in total. The Bertz CT molecular complexity index is 408. The van der Waals surface area contributed by atoms with E-state index in [-0.39, 0.29) is 0 Å². The molecule has 112 valence electrons. The fourth-order valence-electron chi connectivity index (χ4n) is 3.45. The Kier molecular flexibility index (Phi) is 5.16. The van der Waals surface area contributed by atoms with Crippen molar-refractivity contribution in [3.63, 3.8) is 0 Å². The van der Waals surface area contributed by atoms with Crippen LogP contribution in [0.15, 0.2) is 12.3 Å². The Balaban J connectivity index is 1.59. The van der Waals surface area contributed by atoms with Crippen LogP contribution in [-0.4, -0.2) is 32.6 Å². The van der Waals surface area contributed by atoms with Gasteiger partial charge in [-0.05, 0) is 44.7 Å². The van der Waals surface area contributed by atoms with Gasteiger partial charge in [0.25, 0.3) is 0 Å². The molecule has 0 bridgehead atoms. The van der Waals surface area contributed by atoms with Crippen molar-refractivity contribution in [3.05, 3.63) is 18.0 Å². The predicted octanol–water partition coefficient (Wildman–Crippen LogP) is 4.14. The van der Waals surface area contributed by atoms with E-state index in [9.17, 15) is 0 Å². The van der Waals surface area contributed by atoms with Crippen LogP contribution < -0.4 is 0 Å². The van der Waals surface area contributed by atoms with E-state index in [0.717, 1.165) is 17.9 Å². The highest BCUT2D eigenvalue weighted by molar-refractivity contribution is 9.09. The standard InChI is InChI=1S/C16H26BrN3/c17-10-4-11-19(15-7-3-8-15)13-14-9-12-20(18-14)16-5-1-2-6-16/h9,12,15-16H,1-8,10-11,13H2. The fourth-order valence-corrected chi connectivity index (χ4v) is 3.70. The zero-order valence-corrected chi connectivity index (χ0v) is 13.9. The molecule has 2 aliphatic carbocycles. The molecule has 0 spiro atoms. The summed E-state index contributed by atoms with van der Waals surface area (Å²) in [5.74, 6) is 0. The highest BCUT2D eigenvalue weighted by atomic mass is 79.9. The summed E-state index contributed by atoms with van der Waals surface area (Å²) < 4.78 is 2.23. The second kappa shape index (κ2) is 7.08. The second-order valence-electron chi connectivity index (χ2n) is 6.32. The van der Waals surface area contributed by atoms with Gasteiger partial charge < -0.3 is 0 Å². The third-order valence-electron chi connectivity index (χ3n) is 4.90. The molecule has 0 aliphatic heterocycles. The molecule has 1 aromatic heterocycles. The van der Waals surface area contributed by atoms with E-state index in [1.807, 2.05) is 0 Å². The van der Waals surface area contributed by atoms with Gasteiger partial charge in [0.2, 0.25) is 0 Å². The number of aromatic nitrogens is 2. The summed E-state index contributed by atoms with van der Waals surface area (Å²) in [7, 11) is 0. The topological polar surface area (TPSA) is 21.1 Å². The fraction of sp³-hybridized carbons (Fsp3) is 0.812. The van der Waals surface area contributed by atoms with Crippen molar-refractivity contribution in [1.29, 1.82) is 0 Å². The molecule has 1 aromatic rings. The summed E-state index contributed by atoms with van der Waals surface area (Å²) in [6.07, 6.45) is 13.0. The Morgan fingerprint density at radius 1 is 1.20 bits per heavy atom. The molecule has 4 heteroatoms. The monoisotopic (exact) mass is 339 g/mol. The maximum atomic E-state index is 4.84. The molecular weight excluding hydrogens is 314 g/mol. The van der Waals surface area contributed by atoms with Crippen LogP contribution in [0.3, 0.4) is 0 Å². The number of halogens is 1. The second-order valence-corrected chi connectivity index (χ2v) is 7.12. The van der Waals surface area contributed by atoms with Gasteiger partial charge in [-0.1, -0.05) is 35.2 Å². The van der Waals surface area contributed by atoms with Gasteiger partial charge in [-0.15, -0.1) is 0 Å². The average molecular weight is 340 g/mol. The van der Waals surface area contributed by atoms with E-state index < -0.39 is 0 Å². The van der Waals surface area contributed by atoms with Crippen molar-refractivity contribution >= 4 is 15.9 Å². The number of rotatable bonds is 7. The minimum atomic E-state index is 0.670. The summed E-state index contributed by atoms with van der Waals surface area (Å²) >= 11 is 3.55. The third kappa shape index (κ3) is 3.45. The number of alkyl halides is 1. The molecule has 0 aromatic carbocycles. The predicted molar refractivity (Wildman–Crippen MR) is 86.2 cm³/mol. The van der Waals surface area contributed by atoms with Crippen LogP contribution in [0.5, 0.6) is 0 Å². The van der Waals surface area contributed by atoms with Crippen molar-refractivity contribution in [2.45, 2.75) is 70.0 Å². The molecule has 0 radical (unpaired) electrons. The zero-order chi connectivity index (χ0) is 13.8. The molecule has 1 heterocycles. The molecule has 0 amide bonds. The molecule has 0 unspecified atom stereocenters. The van der Waals surface area contributed by atoms with Gasteiger partial charge in [0.1, 0.15) is 0 Å². The van der Waals surface area contributed by atoms with Gasteiger partial charge in [-0.2, -0.15) is 5.10 Å². The molecular formula is C16H26BrN3. The van der Waals surface area contributed by atoms with Crippen molar-refractivity contribution in [2.75, 3.05) is 11.9 Å². The van der Waals surface area contributed by atoms with E-state index in [1.54, 1.807) is 0 Å². The van der Waals surface area contributed by atoms with Gasteiger partial charge in [-0.3, -0.25) is 9.58 Å². The van der Waals surface area contributed by atoms with Gasteiger partial charge in [0.15, 0.2) is 0 Å². The van der Waals surface area contributed by atoms with E-state index in [4.69, 9.17) is 5.10 Å². The Morgan fingerprint density at radius 3 is 2.65 bits per heavy atom. The van der Waals surface area contributed by atoms with E-state index in [2.05, 4.69) is 37.8 Å². The molecule has 20 heavy (non-hydrogen) atoms. The van der Waals surface area contributed by atoms with Crippen molar-refractivity contribution < 1.29 is 0 Å². The molecule has 2 saturated carbocycles. The number of hydrogen-bond acceptors (Lipinski definition) is 2.